The van der Waals surface area contributed by atoms with E-state index in [1.807, 2.05) is 24.3 Å². The molecule has 8 aromatic rings. The zero-order valence-corrected chi connectivity index (χ0v) is 26.5. The SMILES string of the molecule is C=CC1=CC=C(c2nc(-c3ccccc3)nc(-n3c4ccccc4c4ccc5c(c6ccccc6n5-c5ccccc5)c43)n2)C=CC1C. The lowest BCUT2D eigenvalue weighted by Crippen LogP contribution is -2.08. The Balaban J connectivity index is 1.42. The van der Waals surface area contributed by atoms with Gasteiger partial charge in [-0.05, 0) is 41.8 Å². The highest BCUT2D eigenvalue weighted by Crippen LogP contribution is 2.41. The summed E-state index contributed by atoms with van der Waals surface area (Å²) >= 11 is 0. The molecule has 228 valence electrons. The molecule has 1 aliphatic carbocycles. The van der Waals surface area contributed by atoms with Crippen LogP contribution in [0, 0.1) is 5.92 Å². The third-order valence-corrected chi connectivity index (χ3v) is 9.38. The Bertz CT molecular complexity index is 2640. The van der Waals surface area contributed by atoms with Crippen molar-refractivity contribution in [2.75, 3.05) is 0 Å². The molecule has 0 spiro atoms. The van der Waals surface area contributed by atoms with E-state index in [1.54, 1.807) is 0 Å². The van der Waals surface area contributed by atoms with Gasteiger partial charge in [0.15, 0.2) is 11.6 Å². The predicted octanol–water partition coefficient (Wildman–Crippen LogP) is 10.4. The van der Waals surface area contributed by atoms with Gasteiger partial charge in [-0.15, -0.1) is 0 Å². The molecule has 0 saturated carbocycles. The normalized spacial score (nSPS) is 14.8. The van der Waals surface area contributed by atoms with Crippen molar-refractivity contribution >= 4 is 49.2 Å². The Morgan fingerprint density at radius 3 is 2.04 bits per heavy atom. The molecule has 0 N–H and O–H groups in total. The average Bonchev–Trinajstić information content (AvgIpc) is 3.59. The highest BCUT2D eigenvalue weighted by atomic mass is 15.2. The molecule has 48 heavy (non-hydrogen) atoms. The largest absolute Gasteiger partial charge is 0.309 e. The van der Waals surface area contributed by atoms with Gasteiger partial charge in [0, 0.05) is 38.4 Å². The van der Waals surface area contributed by atoms with E-state index in [0.717, 1.165) is 60.6 Å². The van der Waals surface area contributed by atoms with Crippen molar-refractivity contribution in [1.82, 2.24) is 24.1 Å². The number of aromatic nitrogens is 5. The van der Waals surface area contributed by atoms with Gasteiger partial charge in [0.1, 0.15) is 0 Å². The Morgan fingerprint density at radius 1 is 0.604 bits per heavy atom. The molecule has 0 radical (unpaired) electrons. The van der Waals surface area contributed by atoms with Crippen LogP contribution in [-0.4, -0.2) is 24.1 Å². The Hall–Kier alpha value is -6.33. The van der Waals surface area contributed by atoms with Crippen LogP contribution in [0.3, 0.4) is 0 Å². The van der Waals surface area contributed by atoms with Gasteiger partial charge in [-0.3, -0.25) is 4.57 Å². The van der Waals surface area contributed by atoms with Gasteiger partial charge in [-0.1, -0.05) is 135 Å². The summed E-state index contributed by atoms with van der Waals surface area (Å²) < 4.78 is 4.59. The van der Waals surface area contributed by atoms with Crippen LogP contribution in [0.25, 0.3) is 72.2 Å². The lowest BCUT2D eigenvalue weighted by atomic mass is 10.0. The van der Waals surface area contributed by atoms with Crippen molar-refractivity contribution in [2.45, 2.75) is 6.92 Å². The maximum atomic E-state index is 5.25. The fourth-order valence-electron chi connectivity index (χ4n) is 7.04. The van der Waals surface area contributed by atoms with Crippen LogP contribution in [-0.2, 0) is 0 Å². The number of allylic oxidation sites excluding steroid dienone is 7. The number of benzene rings is 5. The van der Waals surface area contributed by atoms with E-state index in [-0.39, 0.29) is 5.92 Å². The molecule has 5 nitrogen and oxygen atoms in total. The molecule has 1 atom stereocenters. The zero-order valence-electron chi connectivity index (χ0n) is 26.5. The smallest absolute Gasteiger partial charge is 0.238 e. The van der Waals surface area contributed by atoms with Crippen molar-refractivity contribution < 1.29 is 0 Å². The van der Waals surface area contributed by atoms with Gasteiger partial charge in [0.25, 0.3) is 0 Å². The fraction of sp³-hybridized carbons (Fsp3) is 0.0465. The van der Waals surface area contributed by atoms with E-state index >= 15 is 0 Å². The molecule has 0 amide bonds. The van der Waals surface area contributed by atoms with E-state index in [0.29, 0.717) is 17.6 Å². The summed E-state index contributed by atoms with van der Waals surface area (Å²) in [5, 5.41) is 4.63. The van der Waals surface area contributed by atoms with E-state index in [9.17, 15) is 0 Å². The lowest BCUT2D eigenvalue weighted by molar-refractivity contribution is 0.894. The summed E-state index contributed by atoms with van der Waals surface area (Å²) in [6.07, 6.45) is 10.4. The Morgan fingerprint density at radius 2 is 1.27 bits per heavy atom. The minimum atomic E-state index is 0.235. The van der Waals surface area contributed by atoms with E-state index in [2.05, 4.69) is 150 Å². The molecule has 0 bridgehead atoms. The lowest BCUT2D eigenvalue weighted by Gasteiger charge is -2.12. The van der Waals surface area contributed by atoms with Gasteiger partial charge >= 0.3 is 0 Å². The number of nitrogens with zero attached hydrogens (tertiary/aromatic N) is 5. The van der Waals surface area contributed by atoms with Crippen molar-refractivity contribution in [1.29, 1.82) is 0 Å². The van der Waals surface area contributed by atoms with Gasteiger partial charge < -0.3 is 4.57 Å². The summed E-state index contributed by atoms with van der Waals surface area (Å²) in [6.45, 7) is 6.19. The zero-order chi connectivity index (χ0) is 32.2. The average molecular weight is 618 g/mol. The standard InChI is InChI=1S/C43H31N5/c1-3-29-24-25-31(23-22-28(29)2)42-44-41(30-14-6-4-7-15-30)45-43(46-42)48-36-20-12-10-18-33(36)34-26-27-38-39(40(34)48)35-19-11-13-21-37(35)47(38)32-16-8-5-9-17-32/h3-28H,1H2,2H3. The molecule has 1 aliphatic rings. The van der Waals surface area contributed by atoms with Crippen LogP contribution in [0.1, 0.15) is 12.7 Å². The van der Waals surface area contributed by atoms with Gasteiger partial charge in [0.05, 0.1) is 22.1 Å². The molecule has 9 rings (SSSR count). The molecule has 3 aromatic heterocycles. The number of hydrogen-bond acceptors (Lipinski definition) is 3. The molecular weight excluding hydrogens is 587 g/mol. The molecular formula is C43H31N5. The van der Waals surface area contributed by atoms with Crippen molar-refractivity contribution in [3.8, 4) is 23.0 Å². The summed E-state index contributed by atoms with van der Waals surface area (Å²) in [7, 11) is 0. The second-order valence-electron chi connectivity index (χ2n) is 12.2. The maximum Gasteiger partial charge on any atom is 0.238 e. The molecule has 0 saturated heterocycles. The van der Waals surface area contributed by atoms with Crippen LogP contribution >= 0.6 is 0 Å². The van der Waals surface area contributed by atoms with Crippen LogP contribution < -0.4 is 0 Å². The Kier molecular flexibility index (Phi) is 6.51. The third kappa shape index (κ3) is 4.36. The Labute approximate surface area is 278 Å². The van der Waals surface area contributed by atoms with Crippen LogP contribution in [0.5, 0.6) is 0 Å². The molecule has 5 heteroatoms. The number of rotatable bonds is 5. The summed E-state index contributed by atoms with van der Waals surface area (Å²) in [5.74, 6) is 2.06. The second-order valence-corrected chi connectivity index (χ2v) is 12.2. The topological polar surface area (TPSA) is 48.5 Å². The van der Waals surface area contributed by atoms with Gasteiger partial charge in [-0.2, -0.15) is 9.97 Å². The third-order valence-electron chi connectivity index (χ3n) is 9.38. The van der Waals surface area contributed by atoms with E-state index in [1.165, 1.54) is 5.39 Å². The monoisotopic (exact) mass is 617 g/mol. The quantitative estimate of drug-likeness (QED) is 0.193. The van der Waals surface area contributed by atoms with Crippen molar-refractivity contribution in [2.24, 2.45) is 5.92 Å². The highest BCUT2D eigenvalue weighted by Gasteiger charge is 2.23. The predicted molar refractivity (Wildman–Crippen MR) is 199 cm³/mol. The van der Waals surface area contributed by atoms with Crippen molar-refractivity contribution in [3.63, 3.8) is 0 Å². The molecule has 3 heterocycles. The molecule has 0 fully saturated rings. The molecule has 0 aliphatic heterocycles. The molecule has 5 aromatic carbocycles. The van der Waals surface area contributed by atoms with Crippen LogP contribution in [0.4, 0.5) is 0 Å². The maximum absolute atomic E-state index is 5.25. The van der Waals surface area contributed by atoms with E-state index < -0.39 is 0 Å². The number of para-hydroxylation sites is 3. The first-order valence-corrected chi connectivity index (χ1v) is 16.2. The fourth-order valence-corrected chi connectivity index (χ4v) is 7.04. The first kappa shape index (κ1) is 27.9. The number of hydrogen-bond donors (Lipinski definition) is 0. The minimum Gasteiger partial charge on any atom is -0.309 e. The highest BCUT2D eigenvalue weighted by molar-refractivity contribution is 6.26. The van der Waals surface area contributed by atoms with Gasteiger partial charge in [-0.25, -0.2) is 4.98 Å². The first-order valence-electron chi connectivity index (χ1n) is 16.2. The van der Waals surface area contributed by atoms with Crippen LogP contribution in [0.15, 0.2) is 164 Å². The number of fused-ring (bicyclic) bond motifs is 7. The summed E-state index contributed by atoms with van der Waals surface area (Å²) in [4.78, 5) is 15.5. The second kappa shape index (κ2) is 11.2. The van der Waals surface area contributed by atoms with E-state index in [4.69, 9.17) is 15.0 Å². The molecule has 1 unspecified atom stereocenters. The first-order chi connectivity index (χ1) is 23.7. The van der Waals surface area contributed by atoms with Crippen molar-refractivity contribution in [3.05, 3.63) is 170 Å². The van der Waals surface area contributed by atoms with Gasteiger partial charge in [0.2, 0.25) is 5.95 Å². The van der Waals surface area contributed by atoms with Crippen LogP contribution in [0.2, 0.25) is 0 Å². The summed E-state index contributed by atoms with van der Waals surface area (Å²) in [6, 6.07) is 42.4. The minimum absolute atomic E-state index is 0.235. The summed E-state index contributed by atoms with van der Waals surface area (Å²) in [5.41, 5.74) is 8.52.